The number of fused-ring (bicyclic) bond motifs is 2. The van der Waals surface area contributed by atoms with Gasteiger partial charge < -0.3 is 15.0 Å². The molecule has 2 unspecified atom stereocenters. The van der Waals surface area contributed by atoms with Crippen molar-refractivity contribution in [1.82, 2.24) is 24.9 Å². The summed E-state index contributed by atoms with van der Waals surface area (Å²) in [5, 5.41) is 8.49. The fourth-order valence-electron chi connectivity index (χ4n) is 4.87. The number of imidazole rings is 1. The van der Waals surface area contributed by atoms with Gasteiger partial charge in [-0.2, -0.15) is 0 Å². The second-order valence-corrected chi connectivity index (χ2v) is 8.45. The summed E-state index contributed by atoms with van der Waals surface area (Å²) in [6.07, 6.45) is 1.71. The molecule has 0 spiro atoms. The third kappa shape index (κ3) is 3.18. The molecule has 2 aliphatic rings. The number of halogens is 1. The Bertz CT molecular complexity index is 1280. The van der Waals surface area contributed by atoms with E-state index in [0.717, 1.165) is 60.2 Å². The normalized spacial score (nSPS) is 20.1. The van der Waals surface area contributed by atoms with Crippen LogP contribution in [0.2, 0.25) is 0 Å². The van der Waals surface area contributed by atoms with Gasteiger partial charge in [0, 0.05) is 49.6 Å². The lowest BCUT2D eigenvalue weighted by Gasteiger charge is -2.18. The van der Waals surface area contributed by atoms with Crippen molar-refractivity contribution in [3.8, 4) is 28.4 Å². The lowest BCUT2D eigenvalue weighted by atomic mass is 10.0. The van der Waals surface area contributed by atoms with Gasteiger partial charge >= 0.3 is 0 Å². The van der Waals surface area contributed by atoms with Gasteiger partial charge in [-0.25, -0.2) is 18.9 Å². The predicted octanol–water partition coefficient (Wildman–Crippen LogP) is 3.26. The Balaban J connectivity index is 1.51. The first-order chi connectivity index (χ1) is 15.7. The molecular formula is C24H23FN6O. The maximum atomic E-state index is 13.6. The maximum absolute atomic E-state index is 13.6. The fraction of sp³-hybridized carbons (Fsp3) is 0.292. The van der Waals surface area contributed by atoms with E-state index >= 15 is 0 Å². The molecule has 2 fully saturated rings. The molecule has 2 atom stereocenters. The van der Waals surface area contributed by atoms with E-state index in [9.17, 15) is 4.39 Å². The fourth-order valence-corrected chi connectivity index (χ4v) is 4.87. The smallest absolute Gasteiger partial charge is 0.213 e. The van der Waals surface area contributed by atoms with Crippen LogP contribution in [0.15, 0.2) is 54.7 Å². The molecule has 2 aliphatic heterocycles. The molecule has 32 heavy (non-hydrogen) atoms. The van der Waals surface area contributed by atoms with Crippen molar-refractivity contribution in [2.75, 3.05) is 38.2 Å². The summed E-state index contributed by atoms with van der Waals surface area (Å²) in [7, 11) is 1.59. The van der Waals surface area contributed by atoms with Gasteiger partial charge in [0.25, 0.3) is 0 Å². The van der Waals surface area contributed by atoms with E-state index in [1.165, 1.54) is 12.1 Å². The van der Waals surface area contributed by atoms with Gasteiger partial charge in [-0.3, -0.25) is 0 Å². The van der Waals surface area contributed by atoms with Crippen molar-refractivity contribution in [3.05, 3.63) is 60.5 Å². The van der Waals surface area contributed by atoms with Crippen LogP contribution in [0, 0.1) is 17.7 Å². The minimum Gasteiger partial charge on any atom is -0.481 e. The third-order valence-corrected chi connectivity index (χ3v) is 6.51. The van der Waals surface area contributed by atoms with E-state index < -0.39 is 0 Å². The number of pyridine rings is 1. The number of benzene rings is 1. The second kappa shape index (κ2) is 7.56. The Morgan fingerprint density at radius 1 is 1.00 bits per heavy atom. The van der Waals surface area contributed by atoms with Crippen molar-refractivity contribution < 1.29 is 9.13 Å². The van der Waals surface area contributed by atoms with E-state index in [2.05, 4.69) is 15.2 Å². The quantitative estimate of drug-likeness (QED) is 0.536. The number of aromatic nitrogens is 4. The van der Waals surface area contributed by atoms with Crippen molar-refractivity contribution in [2.45, 2.75) is 0 Å². The van der Waals surface area contributed by atoms with Crippen LogP contribution in [-0.2, 0) is 0 Å². The van der Waals surface area contributed by atoms with Crippen LogP contribution in [0.4, 0.5) is 10.2 Å². The summed E-state index contributed by atoms with van der Waals surface area (Å²) in [6, 6.07) is 14.2. The number of nitrogens with zero attached hydrogens (tertiary/aromatic N) is 5. The summed E-state index contributed by atoms with van der Waals surface area (Å²) in [5.74, 6) is 2.53. The minimum atomic E-state index is -0.279. The third-order valence-electron chi connectivity index (χ3n) is 6.51. The zero-order valence-electron chi connectivity index (χ0n) is 17.7. The molecule has 162 valence electrons. The molecule has 1 N–H and O–H groups in total. The molecule has 8 heteroatoms. The number of nitrogens with one attached hydrogen (secondary N) is 1. The predicted molar refractivity (Wildman–Crippen MR) is 120 cm³/mol. The lowest BCUT2D eigenvalue weighted by Crippen LogP contribution is -2.26. The Morgan fingerprint density at radius 3 is 2.53 bits per heavy atom. The molecular weight excluding hydrogens is 407 g/mol. The first-order valence-corrected chi connectivity index (χ1v) is 10.8. The summed E-state index contributed by atoms with van der Waals surface area (Å²) in [6.45, 7) is 4.17. The Hall–Kier alpha value is -3.52. The van der Waals surface area contributed by atoms with E-state index in [1.54, 1.807) is 25.4 Å². The highest BCUT2D eigenvalue weighted by Crippen LogP contribution is 2.35. The van der Waals surface area contributed by atoms with Crippen LogP contribution in [0.5, 0.6) is 5.88 Å². The van der Waals surface area contributed by atoms with Gasteiger partial charge in [-0.1, -0.05) is 0 Å². The number of methoxy groups -OCH3 is 1. The van der Waals surface area contributed by atoms with Crippen LogP contribution < -0.4 is 15.0 Å². The van der Waals surface area contributed by atoms with E-state index in [0.29, 0.717) is 17.7 Å². The molecule has 3 aromatic heterocycles. The van der Waals surface area contributed by atoms with Crippen LogP contribution in [0.25, 0.3) is 28.2 Å². The van der Waals surface area contributed by atoms with Gasteiger partial charge in [-0.15, -0.1) is 5.10 Å². The number of rotatable bonds is 4. The molecule has 4 aromatic rings. The second-order valence-electron chi connectivity index (χ2n) is 8.45. The maximum Gasteiger partial charge on any atom is 0.213 e. The van der Waals surface area contributed by atoms with Crippen molar-refractivity contribution >= 4 is 11.5 Å². The topological polar surface area (TPSA) is 67.6 Å². The highest BCUT2D eigenvalue weighted by Gasteiger charge is 2.36. The minimum absolute atomic E-state index is 0.279. The summed E-state index contributed by atoms with van der Waals surface area (Å²) < 4.78 is 20.8. The van der Waals surface area contributed by atoms with E-state index in [4.69, 9.17) is 14.8 Å². The SMILES string of the molecule is COc1cc(-c2c(-c3ccc(F)cc3)nc3ccc(N4CC5CNCC5C4)nn23)ccn1. The van der Waals surface area contributed by atoms with Gasteiger partial charge in [-0.05, 0) is 54.3 Å². The average Bonchev–Trinajstić information content (AvgIpc) is 3.52. The highest BCUT2D eigenvalue weighted by atomic mass is 19.1. The first-order valence-electron chi connectivity index (χ1n) is 10.8. The Morgan fingerprint density at radius 2 is 1.78 bits per heavy atom. The highest BCUT2D eigenvalue weighted by molar-refractivity contribution is 5.82. The summed E-state index contributed by atoms with van der Waals surface area (Å²) in [5.41, 5.74) is 4.02. The molecule has 0 aliphatic carbocycles. The number of hydrogen-bond donors (Lipinski definition) is 1. The van der Waals surface area contributed by atoms with Gasteiger partial charge in [0.2, 0.25) is 5.88 Å². The van der Waals surface area contributed by atoms with E-state index in [1.807, 2.05) is 28.8 Å². The average molecular weight is 430 g/mol. The molecule has 0 radical (unpaired) electrons. The molecule has 2 saturated heterocycles. The molecule has 5 heterocycles. The van der Waals surface area contributed by atoms with Gasteiger partial charge in [0.1, 0.15) is 17.3 Å². The largest absolute Gasteiger partial charge is 0.481 e. The standard InChI is InChI=1S/C24H23FN6O/c1-32-22-10-16(8-9-27-22)24-23(15-2-4-19(25)5-3-15)28-20-6-7-21(29-31(20)24)30-13-17-11-26-12-18(17)14-30/h2-10,17-18,26H,11-14H2,1H3. The molecule has 6 rings (SSSR count). The number of hydrogen-bond acceptors (Lipinski definition) is 6. The summed E-state index contributed by atoms with van der Waals surface area (Å²) in [4.78, 5) is 11.5. The molecule has 1 aromatic carbocycles. The molecule has 7 nitrogen and oxygen atoms in total. The first kappa shape index (κ1) is 19.2. The summed E-state index contributed by atoms with van der Waals surface area (Å²) >= 11 is 0. The zero-order chi connectivity index (χ0) is 21.7. The monoisotopic (exact) mass is 430 g/mol. The van der Waals surface area contributed by atoms with Crippen molar-refractivity contribution in [3.63, 3.8) is 0 Å². The lowest BCUT2D eigenvalue weighted by molar-refractivity contribution is 0.398. The van der Waals surface area contributed by atoms with Crippen LogP contribution >= 0.6 is 0 Å². The van der Waals surface area contributed by atoms with Crippen LogP contribution in [0.3, 0.4) is 0 Å². The molecule has 0 amide bonds. The zero-order valence-corrected chi connectivity index (χ0v) is 17.7. The van der Waals surface area contributed by atoms with Crippen molar-refractivity contribution in [1.29, 1.82) is 0 Å². The number of ether oxygens (including phenoxy) is 1. The van der Waals surface area contributed by atoms with Crippen LogP contribution in [-0.4, -0.2) is 52.9 Å². The molecule has 0 bridgehead atoms. The van der Waals surface area contributed by atoms with Crippen molar-refractivity contribution in [2.24, 2.45) is 11.8 Å². The van der Waals surface area contributed by atoms with Gasteiger partial charge in [0.05, 0.1) is 12.8 Å². The van der Waals surface area contributed by atoms with E-state index in [-0.39, 0.29) is 5.82 Å². The molecule has 0 saturated carbocycles. The van der Waals surface area contributed by atoms with Crippen LogP contribution in [0.1, 0.15) is 0 Å². The Labute approximate surface area is 184 Å². The Kier molecular flexibility index (Phi) is 4.53. The van der Waals surface area contributed by atoms with Gasteiger partial charge in [0.15, 0.2) is 5.65 Å². The number of anilines is 1.